The Morgan fingerprint density at radius 1 is 1.20 bits per heavy atom. The van der Waals surface area contributed by atoms with Gasteiger partial charge in [-0.1, -0.05) is 18.2 Å². The quantitative estimate of drug-likeness (QED) is 0.831. The minimum atomic E-state index is -0.383. The molecule has 1 aromatic carbocycles. The van der Waals surface area contributed by atoms with Gasteiger partial charge in [-0.05, 0) is 26.8 Å². The lowest BCUT2D eigenvalue weighted by atomic mass is 10.0. The average Bonchev–Trinajstić information content (AvgIpc) is 2.15. The number of nitrogens with two attached hydrogens (primary N) is 1. The zero-order chi connectivity index (χ0) is 11.4. The van der Waals surface area contributed by atoms with Crippen molar-refractivity contribution in [3.8, 4) is 0 Å². The molecule has 0 heterocycles. The molecule has 2 N–H and O–H groups in total. The van der Waals surface area contributed by atoms with E-state index in [2.05, 4.69) is 0 Å². The van der Waals surface area contributed by atoms with Gasteiger partial charge in [0.2, 0.25) is 0 Å². The molecular formula is C12H18FNO. The van der Waals surface area contributed by atoms with Gasteiger partial charge in [0, 0.05) is 11.6 Å². The fourth-order valence-corrected chi connectivity index (χ4v) is 1.48. The Bertz CT molecular complexity index is 312. The number of benzene rings is 1. The van der Waals surface area contributed by atoms with Crippen LogP contribution in [-0.2, 0) is 4.74 Å². The van der Waals surface area contributed by atoms with Crippen LogP contribution in [0.25, 0.3) is 0 Å². The van der Waals surface area contributed by atoms with E-state index in [0.717, 1.165) is 0 Å². The first-order chi connectivity index (χ1) is 7.02. The van der Waals surface area contributed by atoms with E-state index >= 15 is 0 Å². The van der Waals surface area contributed by atoms with Crippen LogP contribution in [0, 0.1) is 5.82 Å². The molecule has 0 saturated heterocycles. The average molecular weight is 211 g/mol. The van der Waals surface area contributed by atoms with Crippen LogP contribution in [0.15, 0.2) is 24.3 Å². The molecule has 2 unspecified atom stereocenters. The number of rotatable bonds is 4. The monoisotopic (exact) mass is 211 g/mol. The van der Waals surface area contributed by atoms with E-state index in [0.29, 0.717) is 5.56 Å². The van der Waals surface area contributed by atoms with Crippen molar-refractivity contribution in [2.75, 3.05) is 0 Å². The first-order valence-electron chi connectivity index (χ1n) is 5.18. The second-order valence-corrected chi connectivity index (χ2v) is 3.99. The summed E-state index contributed by atoms with van der Waals surface area (Å²) in [4.78, 5) is 0. The zero-order valence-corrected chi connectivity index (χ0v) is 9.41. The highest BCUT2D eigenvalue weighted by Gasteiger charge is 2.21. The number of hydrogen-bond donors (Lipinski definition) is 1. The van der Waals surface area contributed by atoms with Crippen LogP contribution >= 0.6 is 0 Å². The largest absolute Gasteiger partial charge is 0.369 e. The van der Waals surface area contributed by atoms with Gasteiger partial charge in [0.1, 0.15) is 11.9 Å². The van der Waals surface area contributed by atoms with Gasteiger partial charge in [-0.25, -0.2) is 4.39 Å². The molecule has 0 radical (unpaired) electrons. The van der Waals surface area contributed by atoms with Gasteiger partial charge in [-0.3, -0.25) is 0 Å². The van der Waals surface area contributed by atoms with Crippen LogP contribution in [0.3, 0.4) is 0 Å². The molecule has 2 atom stereocenters. The lowest BCUT2D eigenvalue weighted by molar-refractivity contribution is -0.00699. The van der Waals surface area contributed by atoms with Gasteiger partial charge in [-0.2, -0.15) is 0 Å². The second kappa shape index (κ2) is 5.24. The van der Waals surface area contributed by atoms with Crippen LogP contribution in [0.2, 0.25) is 0 Å². The number of hydrogen-bond acceptors (Lipinski definition) is 2. The second-order valence-electron chi connectivity index (χ2n) is 3.99. The Hall–Kier alpha value is -0.930. The molecular weight excluding hydrogens is 193 g/mol. The van der Waals surface area contributed by atoms with Crippen LogP contribution in [0.1, 0.15) is 32.4 Å². The summed E-state index contributed by atoms with van der Waals surface area (Å²) in [5, 5.41) is 0. The van der Waals surface area contributed by atoms with E-state index in [-0.39, 0.29) is 24.1 Å². The van der Waals surface area contributed by atoms with Crippen molar-refractivity contribution in [1.29, 1.82) is 0 Å². The first kappa shape index (κ1) is 12.1. The molecule has 2 nitrogen and oxygen atoms in total. The Morgan fingerprint density at radius 2 is 1.80 bits per heavy atom. The smallest absolute Gasteiger partial charge is 0.129 e. The highest BCUT2D eigenvalue weighted by atomic mass is 19.1. The molecule has 1 aromatic rings. The Balaban J connectivity index is 2.94. The minimum absolute atomic E-state index is 0.0283. The van der Waals surface area contributed by atoms with Crippen molar-refractivity contribution in [3.05, 3.63) is 35.6 Å². The van der Waals surface area contributed by atoms with Gasteiger partial charge in [0.15, 0.2) is 0 Å². The first-order valence-corrected chi connectivity index (χ1v) is 5.18. The highest BCUT2D eigenvalue weighted by Crippen LogP contribution is 2.24. The Kier molecular flexibility index (Phi) is 4.24. The normalized spacial score (nSPS) is 15.3. The van der Waals surface area contributed by atoms with Crippen molar-refractivity contribution in [1.82, 2.24) is 0 Å². The highest BCUT2D eigenvalue weighted by molar-refractivity contribution is 5.21. The topological polar surface area (TPSA) is 35.2 Å². The summed E-state index contributed by atoms with van der Waals surface area (Å²) in [7, 11) is 0. The maximum Gasteiger partial charge on any atom is 0.129 e. The SMILES string of the molecule is CC(C)OC(c1ccccc1F)C(C)N. The molecule has 0 spiro atoms. The predicted octanol–water partition coefficient (Wildman–Crippen LogP) is 2.64. The zero-order valence-electron chi connectivity index (χ0n) is 9.41. The molecule has 0 aliphatic rings. The van der Waals surface area contributed by atoms with Crippen LogP contribution in [0.4, 0.5) is 4.39 Å². The Labute approximate surface area is 90.2 Å². The standard InChI is InChI=1S/C12H18FNO/c1-8(2)15-12(9(3)14)10-6-4-5-7-11(10)13/h4-9,12H,14H2,1-3H3. The maximum atomic E-state index is 13.5. The predicted molar refractivity (Wildman–Crippen MR) is 59.0 cm³/mol. The third-order valence-electron chi connectivity index (χ3n) is 2.11. The van der Waals surface area contributed by atoms with E-state index in [1.54, 1.807) is 18.2 Å². The fraction of sp³-hybridized carbons (Fsp3) is 0.500. The molecule has 84 valence electrons. The summed E-state index contributed by atoms with van der Waals surface area (Å²) < 4.78 is 19.1. The van der Waals surface area contributed by atoms with E-state index in [1.807, 2.05) is 20.8 Å². The summed E-state index contributed by atoms with van der Waals surface area (Å²) in [6.07, 6.45) is -0.355. The maximum absolute atomic E-state index is 13.5. The summed E-state index contributed by atoms with van der Waals surface area (Å²) in [6, 6.07) is 6.36. The molecule has 0 amide bonds. The van der Waals surface area contributed by atoms with E-state index in [9.17, 15) is 4.39 Å². The van der Waals surface area contributed by atoms with E-state index in [4.69, 9.17) is 10.5 Å². The lowest BCUT2D eigenvalue weighted by Crippen LogP contribution is -2.29. The van der Waals surface area contributed by atoms with E-state index < -0.39 is 0 Å². The van der Waals surface area contributed by atoms with Crippen molar-refractivity contribution in [3.63, 3.8) is 0 Å². The van der Waals surface area contributed by atoms with Crippen molar-refractivity contribution in [2.24, 2.45) is 5.73 Å². The van der Waals surface area contributed by atoms with Crippen molar-refractivity contribution in [2.45, 2.75) is 39.0 Å². The molecule has 3 heteroatoms. The number of halogens is 1. The third kappa shape index (κ3) is 3.29. The summed E-state index contributed by atoms with van der Waals surface area (Å²) in [5.74, 6) is -0.263. The van der Waals surface area contributed by atoms with Gasteiger partial charge >= 0.3 is 0 Å². The number of ether oxygens (including phenoxy) is 1. The molecule has 0 bridgehead atoms. The van der Waals surface area contributed by atoms with Crippen LogP contribution < -0.4 is 5.73 Å². The van der Waals surface area contributed by atoms with Crippen molar-refractivity contribution >= 4 is 0 Å². The molecule has 0 aromatic heterocycles. The van der Waals surface area contributed by atoms with E-state index in [1.165, 1.54) is 6.07 Å². The fourth-order valence-electron chi connectivity index (χ4n) is 1.48. The molecule has 0 aliphatic heterocycles. The molecule has 1 rings (SSSR count). The summed E-state index contributed by atoms with van der Waals surface area (Å²) in [6.45, 7) is 5.64. The summed E-state index contributed by atoms with van der Waals surface area (Å²) >= 11 is 0. The Morgan fingerprint density at radius 3 is 2.27 bits per heavy atom. The van der Waals surface area contributed by atoms with Crippen molar-refractivity contribution < 1.29 is 9.13 Å². The lowest BCUT2D eigenvalue weighted by Gasteiger charge is -2.24. The van der Waals surface area contributed by atoms with Crippen LogP contribution in [0.5, 0.6) is 0 Å². The van der Waals surface area contributed by atoms with Gasteiger partial charge < -0.3 is 10.5 Å². The van der Waals surface area contributed by atoms with Crippen LogP contribution in [-0.4, -0.2) is 12.1 Å². The summed E-state index contributed by atoms with van der Waals surface area (Å²) in [5.41, 5.74) is 6.32. The molecule has 15 heavy (non-hydrogen) atoms. The third-order valence-corrected chi connectivity index (χ3v) is 2.11. The van der Waals surface area contributed by atoms with Gasteiger partial charge in [0.25, 0.3) is 0 Å². The van der Waals surface area contributed by atoms with Gasteiger partial charge in [-0.15, -0.1) is 0 Å². The molecule has 0 aliphatic carbocycles. The minimum Gasteiger partial charge on any atom is -0.369 e. The van der Waals surface area contributed by atoms with Gasteiger partial charge in [0.05, 0.1) is 6.10 Å². The molecule has 0 saturated carbocycles. The molecule has 0 fully saturated rings.